The molecular formula is C21H22ClFN4O4. The fourth-order valence-corrected chi connectivity index (χ4v) is 3.22. The number of fused-ring (bicyclic) bond motifs is 1. The van der Waals surface area contributed by atoms with Crippen molar-refractivity contribution in [2.45, 2.75) is 19.5 Å². The largest absolute Gasteiger partial charge is 0.504 e. The molecule has 3 aromatic rings. The van der Waals surface area contributed by atoms with Gasteiger partial charge in [-0.3, -0.25) is 9.69 Å². The summed E-state index contributed by atoms with van der Waals surface area (Å²) in [6.45, 7) is 1.92. The van der Waals surface area contributed by atoms with Gasteiger partial charge in [-0.1, -0.05) is 11.6 Å². The normalized spacial score (nSPS) is 12.1. The highest BCUT2D eigenvalue weighted by Gasteiger charge is 2.21. The van der Waals surface area contributed by atoms with Crippen molar-refractivity contribution in [1.29, 1.82) is 0 Å². The lowest BCUT2D eigenvalue weighted by Crippen LogP contribution is -2.36. The summed E-state index contributed by atoms with van der Waals surface area (Å²) in [6.07, 6.45) is 1.36. The Labute approximate surface area is 183 Å². The number of esters is 1. The number of carbonyl (C=O) groups excluding carboxylic acids is 1. The number of benzene rings is 2. The number of carbonyl (C=O) groups is 1. The molecule has 8 nitrogen and oxygen atoms in total. The first-order valence-electron chi connectivity index (χ1n) is 9.29. The first kappa shape index (κ1) is 22.5. The van der Waals surface area contributed by atoms with Crippen LogP contribution in [0.2, 0.25) is 5.02 Å². The van der Waals surface area contributed by atoms with E-state index in [2.05, 4.69) is 15.3 Å². The van der Waals surface area contributed by atoms with Crippen LogP contribution in [0.15, 0.2) is 30.6 Å². The van der Waals surface area contributed by atoms with E-state index in [1.54, 1.807) is 24.9 Å². The molecule has 0 unspecified atom stereocenters. The van der Waals surface area contributed by atoms with E-state index < -0.39 is 17.8 Å². The molecule has 0 saturated heterocycles. The predicted molar refractivity (Wildman–Crippen MR) is 115 cm³/mol. The zero-order chi connectivity index (χ0) is 22.7. The highest BCUT2D eigenvalue weighted by molar-refractivity contribution is 6.31. The van der Waals surface area contributed by atoms with Crippen LogP contribution in [0.1, 0.15) is 12.5 Å². The summed E-state index contributed by atoms with van der Waals surface area (Å²) in [7, 11) is 4.48. The van der Waals surface area contributed by atoms with Crippen LogP contribution in [0.4, 0.5) is 15.9 Å². The highest BCUT2D eigenvalue weighted by atomic mass is 35.5. The number of hydrogen-bond acceptors (Lipinski definition) is 8. The average Bonchev–Trinajstić information content (AvgIpc) is 2.75. The second kappa shape index (κ2) is 9.32. The van der Waals surface area contributed by atoms with E-state index in [9.17, 15) is 14.3 Å². The molecule has 1 aromatic heterocycles. The number of rotatable bonds is 7. The van der Waals surface area contributed by atoms with E-state index in [0.29, 0.717) is 28.0 Å². The molecule has 31 heavy (non-hydrogen) atoms. The first-order valence-corrected chi connectivity index (χ1v) is 9.67. The first-order chi connectivity index (χ1) is 14.7. The maximum absolute atomic E-state index is 14.2. The molecule has 0 fully saturated rings. The Bertz CT molecular complexity index is 1130. The number of halogens is 2. The number of aromatic nitrogens is 2. The number of likely N-dealkylation sites (N-methyl/N-ethyl adjacent to an activating group) is 1. The van der Waals surface area contributed by atoms with E-state index in [1.165, 1.54) is 38.7 Å². The monoisotopic (exact) mass is 448 g/mol. The summed E-state index contributed by atoms with van der Waals surface area (Å²) in [4.78, 5) is 22.0. The smallest absolute Gasteiger partial charge is 0.322 e. The fraction of sp³-hybridized carbons (Fsp3) is 0.286. The van der Waals surface area contributed by atoms with Crippen LogP contribution in [0.5, 0.6) is 11.5 Å². The number of hydrogen-bond donors (Lipinski definition) is 2. The topological polar surface area (TPSA) is 96.8 Å². The molecule has 0 radical (unpaired) electrons. The Morgan fingerprint density at radius 2 is 2.03 bits per heavy atom. The van der Waals surface area contributed by atoms with Crippen LogP contribution in [-0.2, 0) is 16.1 Å². The van der Waals surface area contributed by atoms with E-state index >= 15 is 0 Å². The van der Waals surface area contributed by atoms with Gasteiger partial charge in [0.2, 0.25) is 0 Å². The molecule has 3 rings (SSSR count). The molecule has 1 atom stereocenters. The number of anilines is 2. The lowest BCUT2D eigenvalue weighted by atomic mass is 10.1. The van der Waals surface area contributed by atoms with Crippen molar-refractivity contribution >= 4 is 40.0 Å². The van der Waals surface area contributed by atoms with Gasteiger partial charge in [-0.25, -0.2) is 14.4 Å². The minimum atomic E-state index is -0.587. The van der Waals surface area contributed by atoms with Crippen LogP contribution < -0.4 is 10.1 Å². The minimum absolute atomic E-state index is 0.0715. The Morgan fingerprint density at radius 1 is 1.29 bits per heavy atom. The molecular weight excluding hydrogens is 427 g/mol. The molecule has 0 aliphatic rings. The molecule has 164 valence electrons. The maximum atomic E-state index is 14.2. The number of phenols is 1. The average molecular weight is 449 g/mol. The molecule has 1 heterocycles. The number of nitrogens with one attached hydrogen (secondary N) is 1. The van der Waals surface area contributed by atoms with Crippen molar-refractivity contribution < 1.29 is 23.8 Å². The van der Waals surface area contributed by atoms with Crippen molar-refractivity contribution in [2.24, 2.45) is 0 Å². The van der Waals surface area contributed by atoms with Gasteiger partial charge in [0, 0.05) is 23.7 Å². The van der Waals surface area contributed by atoms with Gasteiger partial charge in [-0.2, -0.15) is 0 Å². The van der Waals surface area contributed by atoms with Gasteiger partial charge in [0.05, 0.1) is 24.8 Å². The lowest BCUT2D eigenvalue weighted by molar-refractivity contribution is -0.145. The van der Waals surface area contributed by atoms with E-state index in [4.69, 9.17) is 21.1 Å². The van der Waals surface area contributed by atoms with Crippen molar-refractivity contribution in [3.8, 4) is 11.5 Å². The highest BCUT2D eigenvalue weighted by Crippen LogP contribution is 2.35. The maximum Gasteiger partial charge on any atom is 0.322 e. The standard InChI is InChI=1S/C21H22ClFN4O4/c1-11(21(29)31-4)27(2)9-12-5-15(23)14(22)7-16(12)26-20-13-6-18(28)19(30-3)8-17(13)24-10-25-20/h5-8,10-11,28H,9H2,1-4H3,(H,24,25,26)/t11-/m1/s1. The SMILES string of the molecule is COC(=O)[C@@H](C)N(C)Cc1cc(F)c(Cl)cc1Nc1ncnc2cc(OC)c(O)cc12. The van der Waals surface area contributed by atoms with Crippen LogP contribution in [0.25, 0.3) is 10.9 Å². The summed E-state index contributed by atoms with van der Waals surface area (Å²) < 4.78 is 24.1. The van der Waals surface area contributed by atoms with E-state index in [1.807, 2.05) is 0 Å². The van der Waals surface area contributed by atoms with Gasteiger partial charge in [-0.15, -0.1) is 0 Å². The van der Waals surface area contributed by atoms with Crippen LogP contribution in [0.3, 0.4) is 0 Å². The summed E-state index contributed by atoms with van der Waals surface area (Å²) in [5.41, 5.74) is 1.58. The van der Waals surface area contributed by atoms with Gasteiger partial charge in [0.1, 0.15) is 24.0 Å². The summed E-state index contributed by atoms with van der Waals surface area (Å²) >= 11 is 6.02. The number of phenolic OH excluding ortho intramolecular Hbond substituents is 1. The number of nitrogens with zero attached hydrogens (tertiary/aromatic N) is 3. The molecule has 0 spiro atoms. The lowest BCUT2D eigenvalue weighted by Gasteiger charge is -2.24. The summed E-state index contributed by atoms with van der Waals surface area (Å²) in [5.74, 6) is -0.401. The van der Waals surface area contributed by atoms with Crippen molar-refractivity contribution in [3.05, 3.63) is 47.0 Å². The van der Waals surface area contributed by atoms with E-state index in [-0.39, 0.29) is 23.1 Å². The summed E-state index contributed by atoms with van der Waals surface area (Å²) in [6, 6.07) is 5.27. The second-order valence-corrected chi connectivity index (χ2v) is 7.33. The Morgan fingerprint density at radius 3 is 2.71 bits per heavy atom. The van der Waals surface area contributed by atoms with Gasteiger partial charge in [0.25, 0.3) is 0 Å². The Hall–Kier alpha value is -3.17. The van der Waals surface area contributed by atoms with Gasteiger partial charge in [-0.05, 0) is 37.7 Å². The predicted octanol–water partition coefficient (Wildman–Crippen LogP) is 3.87. The van der Waals surface area contributed by atoms with Crippen LogP contribution in [-0.4, -0.2) is 53.3 Å². The van der Waals surface area contributed by atoms with Gasteiger partial charge < -0.3 is 19.9 Å². The molecule has 0 aliphatic heterocycles. The molecule has 0 aliphatic carbocycles. The molecule has 2 aromatic carbocycles. The molecule has 2 N–H and O–H groups in total. The Balaban J connectivity index is 2.01. The fourth-order valence-electron chi connectivity index (χ4n) is 3.05. The van der Waals surface area contributed by atoms with Crippen molar-refractivity contribution in [3.63, 3.8) is 0 Å². The van der Waals surface area contributed by atoms with Crippen LogP contribution in [0, 0.1) is 5.82 Å². The number of aromatic hydroxyl groups is 1. The third-order valence-corrected chi connectivity index (χ3v) is 5.25. The zero-order valence-electron chi connectivity index (χ0n) is 17.4. The third kappa shape index (κ3) is 4.78. The third-order valence-electron chi connectivity index (χ3n) is 4.96. The Kier molecular flexibility index (Phi) is 6.77. The minimum Gasteiger partial charge on any atom is -0.504 e. The zero-order valence-corrected chi connectivity index (χ0v) is 18.2. The summed E-state index contributed by atoms with van der Waals surface area (Å²) in [5, 5.41) is 13.8. The van der Waals surface area contributed by atoms with Gasteiger partial charge >= 0.3 is 5.97 Å². The van der Waals surface area contributed by atoms with Crippen molar-refractivity contribution in [2.75, 3.05) is 26.6 Å². The number of methoxy groups -OCH3 is 2. The molecule has 0 amide bonds. The van der Waals surface area contributed by atoms with E-state index in [0.717, 1.165) is 0 Å². The quantitative estimate of drug-likeness (QED) is 0.526. The van der Waals surface area contributed by atoms with Gasteiger partial charge in [0.15, 0.2) is 11.5 Å². The molecule has 10 heteroatoms. The second-order valence-electron chi connectivity index (χ2n) is 6.93. The molecule has 0 saturated carbocycles. The molecule has 0 bridgehead atoms. The van der Waals surface area contributed by atoms with Crippen molar-refractivity contribution in [1.82, 2.24) is 14.9 Å². The number of ether oxygens (including phenoxy) is 2. The van der Waals surface area contributed by atoms with Crippen LogP contribution >= 0.6 is 11.6 Å².